The van der Waals surface area contributed by atoms with Gasteiger partial charge < -0.3 is 9.14 Å². The van der Waals surface area contributed by atoms with Gasteiger partial charge in [0, 0.05) is 22.2 Å². The predicted molar refractivity (Wildman–Crippen MR) is 111 cm³/mol. The van der Waals surface area contributed by atoms with Crippen molar-refractivity contribution in [2.45, 2.75) is 11.1 Å². The molecule has 4 rings (SSSR count). The number of thiophene rings is 1. The molecular weight excluding hydrogens is 402 g/mol. The van der Waals surface area contributed by atoms with Crippen LogP contribution in [0.2, 0.25) is 5.02 Å². The highest BCUT2D eigenvalue weighted by Gasteiger charge is 2.28. The Balaban J connectivity index is 2.03. The molecule has 0 unspecified atom stereocenters. The van der Waals surface area contributed by atoms with Gasteiger partial charge in [0.15, 0.2) is 0 Å². The fourth-order valence-electron chi connectivity index (χ4n) is 3.14. The molecule has 0 aliphatic rings. The van der Waals surface area contributed by atoms with Crippen LogP contribution in [0.5, 0.6) is 0 Å². The molecule has 0 amide bonds. The zero-order chi connectivity index (χ0) is 19.1. The van der Waals surface area contributed by atoms with Crippen LogP contribution < -0.4 is 0 Å². The SMILES string of the molecule is CCOC(=O)c1c2c(C(=O)c3ccc(Cl)cc3)sc(S)c2n2ccccc12. The number of carbonyl (C=O) groups is 2. The zero-order valence-electron chi connectivity index (χ0n) is 14.2. The van der Waals surface area contributed by atoms with Gasteiger partial charge in [-0.15, -0.1) is 24.0 Å². The van der Waals surface area contributed by atoms with Gasteiger partial charge >= 0.3 is 5.97 Å². The molecule has 0 N–H and O–H groups in total. The van der Waals surface area contributed by atoms with E-state index in [1.807, 2.05) is 28.8 Å². The summed E-state index contributed by atoms with van der Waals surface area (Å²) in [6, 6.07) is 12.2. The van der Waals surface area contributed by atoms with E-state index in [4.69, 9.17) is 16.3 Å². The summed E-state index contributed by atoms with van der Waals surface area (Å²) in [5.74, 6) is -0.629. The van der Waals surface area contributed by atoms with Gasteiger partial charge in [-0.2, -0.15) is 0 Å². The third kappa shape index (κ3) is 2.94. The molecule has 0 radical (unpaired) electrons. The van der Waals surface area contributed by atoms with Crippen LogP contribution in [0.15, 0.2) is 52.9 Å². The standard InChI is InChI=1S/C20H14ClNO3S2/c1-2-25-19(24)14-13-5-3-4-10-22(13)16-15(14)18(27-20(16)26)17(23)11-6-8-12(21)9-7-11/h3-10,26H,2H2,1H3. The molecule has 0 saturated carbocycles. The third-order valence-electron chi connectivity index (χ3n) is 4.26. The average Bonchev–Trinajstić information content (AvgIpc) is 3.17. The number of pyridine rings is 1. The van der Waals surface area contributed by atoms with Gasteiger partial charge in [-0.3, -0.25) is 4.79 Å². The summed E-state index contributed by atoms with van der Waals surface area (Å²) < 4.78 is 7.81. The molecular formula is C20H14ClNO3S2. The van der Waals surface area contributed by atoms with E-state index in [-0.39, 0.29) is 12.4 Å². The quantitative estimate of drug-likeness (QED) is 0.272. The molecule has 3 aromatic heterocycles. The van der Waals surface area contributed by atoms with Gasteiger partial charge in [0.05, 0.1) is 32.3 Å². The van der Waals surface area contributed by atoms with Crippen molar-refractivity contribution < 1.29 is 14.3 Å². The number of aromatic nitrogens is 1. The molecule has 0 spiro atoms. The maximum Gasteiger partial charge on any atom is 0.341 e. The van der Waals surface area contributed by atoms with E-state index in [1.54, 1.807) is 31.2 Å². The monoisotopic (exact) mass is 415 g/mol. The molecule has 0 fully saturated rings. The van der Waals surface area contributed by atoms with Crippen molar-refractivity contribution >= 4 is 63.7 Å². The van der Waals surface area contributed by atoms with E-state index < -0.39 is 5.97 Å². The van der Waals surface area contributed by atoms with E-state index in [1.165, 1.54) is 11.3 Å². The Morgan fingerprint density at radius 3 is 2.63 bits per heavy atom. The summed E-state index contributed by atoms with van der Waals surface area (Å²) in [4.78, 5) is 26.3. The number of benzene rings is 1. The first-order valence-corrected chi connectivity index (χ1v) is 9.89. The van der Waals surface area contributed by atoms with Gasteiger partial charge in [0.2, 0.25) is 5.78 Å². The molecule has 1 aromatic carbocycles. The normalized spacial score (nSPS) is 11.2. The van der Waals surface area contributed by atoms with Crippen molar-refractivity contribution in [3.63, 3.8) is 0 Å². The van der Waals surface area contributed by atoms with E-state index in [0.717, 1.165) is 5.52 Å². The minimum absolute atomic E-state index is 0.177. The van der Waals surface area contributed by atoms with Gasteiger partial charge in [0.25, 0.3) is 0 Å². The van der Waals surface area contributed by atoms with Crippen molar-refractivity contribution in [3.05, 3.63) is 69.7 Å². The maximum absolute atomic E-state index is 13.2. The lowest BCUT2D eigenvalue weighted by Crippen LogP contribution is -2.06. The first-order chi connectivity index (χ1) is 13.0. The molecule has 0 bridgehead atoms. The molecule has 136 valence electrons. The highest BCUT2D eigenvalue weighted by atomic mass is 35.5. The summed E-state index contributed by atoms with van der Waals surface area (Å²) >= 11 is 11.8. The molecule has 0 aliphatic carbocycles. The fourth-order valence-corrected chi connectivity index (χ4v) is 4.76. The smallest absolute Gasteiger partial charge is 0.341 e. The molecule has 0 aliphatic heterocycles. The predicted octanol–water partition coefficient (Wildman–Crippen LogP) is 5.50. The maximum atomic E-state index is 13.2. The Morgan fingerprint density at radius 1 is 1.19 bits per heavy atom. The Labute approximate surface area is 169 Å². The lowest BCUT2D eigenvalue weighted by Gasteiger charge is -2.03. The summed E-state index contributed by atoms with van der Waals surface area (Å²) in [6.45, 7) is 2.01. The highest BCUT2D eigenvalue weighted by molar-refractivity contribution is 7.83. The first-order valence-electron chi connectivity index (χ1n) is 8.24. The molecule has 0 saturated heterocycles. The minimum atomic E-state index is -0.451. The number of rotatable bonds is 4. The number of ether oxygens (including phenoxy) is 1. The van der Waals surface area contributed by atoms with Crippen molar-refractivity contribution in [1.82, 2.24) is 4.40 Å². The highest BCUT2D eigenvalue weighted by Crippen LogP contribution is 2.41. The lowest BCUT2D eigenvalue weighted by atomic mass is 10.1. The molecule has 0 atom stereocenters. The molecule has 4 nitrogen and oxygen atoms in total. The number of hydrogen-bond donors (Lipinski definition) is 1. The first kappa shape index (κ1) is 18.1. The zero-order valence-corrected chi connectivity index (χ0v) is 16.7. The number of fused-ring (bicyclic) bond motifs is 3. The van der Waals surface area contributed by atoms with E-state index in [9.17, 15) is 9.59 Å². The second kappa shape index (κ2) is 7.03. The van der Waals surface area contributed by atoms with Crippen LogP contribution in [0.25, 0.3) is 16.4 Å². The number of nitrogens with zero attached hydrogens (tertiary/aromatic N) is 1. The van der Waals surface area contributed by atoms with Crippen LogP contribution in [0.3, 0.4) is 0 Å². The van der Waals surface area contributed by atoms with Crippen molar-refractivity contribution in [3.8, 4) is 0 Å². The number of carbonyl (C=O) groups excluding carboxylic acids is 2. The Morgan fingerprint density at radius 2 is 1.93 bits per heavy atom. The fraction of sp³-hybridized carbons (Fsp3) is 0.100. The van der Waals surface area contributed by atoms with Crippen LogP contribution in [-0.2, 0) is 4.74 Å². The van der Waals surface area contributed by atoms with Crippen LogP contribution in [-0.4, -0.2) is 22.8 Å². The summed E-state index contributed by atoms with van der Waals surface area (Å²) in [7, 11) is 0. The topological polar surface area (TPSA) is 47.8 Å². The lowest BCUT2D eigenvalue weighted by molar-refractivity contribution is 0.0531. The molecule has 7 heteroatoms. The number of hydrogen-bond acceptors (Lipinski definition) is 5. The van der Waals surface area contributed by atoms with E-state index in [0.29, 0.717) is 36.1 Å². The van der Waals surface area contributed by atoms with Gasteiger partial charge in [-0.1, -0.05) is 17.7 Å². The van der Waals surface area contributed by atoms with Gasteiger partial charge in [-0.25, -0.2) is 4.79 Å². The van der Waals surface area contributed by atoms with Crippen LogP contribution >= 0.6 is 35.6 Å². The molecule has 3 heterocycles. The Bertz CT molecular complexity index is 1190. The van der Waals surface area contributed by atoms with Crippen LogP contribution in [0.1, 0.15) is 32.5 Å². The number of ketones is 1. The van der Waals surface area contributed by atoms with Crippen LogP contribution in [0.4, 0.5) is 0 Å². The van der Waals surface area contributed by atoms with Crippen molar-refractivity contribution in [1.29, 1.82) is 0 Å². The van der Waals surface area contributed by atoms with E-state index in [2.05, 4.69) is 12.6 Å². The van der Waals surface area contributed by atoms with Gasteiger partial charge in [0.1, 0.15) is 0 Å². The second-order valence-corrected chi connectivity index (χ2v) is 8.05. The van der Waals surface area contributed by atoms with Crippen molar-refractivity contribution in [2.24, 2.45) is 0 Å². The molecule has 27 heavy (non-hydrogen) atoms. The van der Waals surface area contributed by atoms with Gasteiger partial charge in [-0.05, 0) is 43.3 Å². The number of esters is 1. The Kier molecular flexibility index (Phi) is 4.72. The summed E-state index contributed by atoms with van der Waals surface area (Å²) in [5, 5.41) is 1.13. The summed E-state index contributed by atoms with van der Waals surface area (Å²) in [6.07, 6.45) is 1.85. The third-order valence-corrected chi connectivity index (χ3v) is 5.98. The minimum Gasteiger partial charge on any atom is -0.462 e. The van der Waals surface area contributed by atoms with E-state index >= 15 is 0 Å². The largest absolute Gasteiger partial charge is 0.462 e. The number of halogens is 1. The molecule has 4 aromatic rings. The average molecular weight is 416 g/mol. The second-order valence-electron chi connectivity index (χ2n) is 5.85. The van der Waals surface area contributed by atoms with Crippen LogP contribution in [0, 0.1) is 0 Å². The number of thiol groups is 1. The summed E-state index contributed by atoms with van der Waals surface area (Å²) in [5.41, 5.74) is 2.32. The Hall–Kier alpha value is -2.28. The van der Waals surface area contributed by atoms with Crippen molar-refractivity contribution in [2.75, 3.05) is 6.61 Å².